The average Bonchev–Trinajstić information content (AvgIpc) is 2.86. The number of ether oxygens (including phenoxy) is 2. The van der Waals surface area contributed by atoms with Gasteiger partial charge in [0.15, 0.2) is 0 Å². The molecule has 4 heteroatoms. The van der Waals surface area contributed by atoms with Gasteiger partial charge in [-0.15, -0.1) is 0 Å². The van der Waals surface area contributed by atoms with Crippen molar-refractivity contribution in [1.82, 2.24) is 0 Å². The van der Waals surface area contributed by atoms with Gasteiger partial charge in [0.05, 0.1) is 17.7 Å². The standard InChI is InChI=1S/C29H32O4/c1-2-3-4-5-6-7-13-21-32-28(30)24-17-14-18-25(22-24)29(31)33-27-20-12-11-19-26(27)23-15-9-8-10-16-23/h8-12,14-20,22H,2-7,13,21H2,1H3. The fourth-order valence-corrected chi connectivity index (χ4v) is 3.65. The van der Waals surface area contributed by atoms with Crippen LogP contribution >= 0.6 is 0 Å². The monoisotopic (exact) mass is 444 g/mol. The first-order valence-electron chi connectivity index (χ1n) is 11.8. The molecule has 172 valence electrons. The van der Waals surface area contributed by atoms with Gasteiger partial charge in [0.1, 0.15) is 5.75 Å². The molecule has 4 nitrogen and oxygen atoms in total. The van der Waals surface area contributed by atoms with E-state index in [2.05, 4.69) is 6.92 Å². The molecule has 0 fully saturated rings. The highest BCUT2D eigenvalue weighted by Gasteiger charge is 2.15. The van der Waals surface area contributed by atoms with Crippen molar-refractivity contribution in [2.75, 3.05) is 6.61 Å². The zero-order valence-corrected chi connectivity index (χ0v) is 19.3. The lowest BCUT2D eigenvalue weighted by molar-refractivity contribution is 0.0497. The normalized spacial score (nSPS) is 10.6. The number of hydrogen-bond donors (Lipinski definition) is 0. The van der Waals surface area contributed by atoms with Gasteiger partial charge >= 0.3 is 11.9 Å². The van der Waals surface area contributed by atoms with Gasteiger partial charge in [0.2, 0.25) is 0 Å². The predicted octanol–water partition coefficient (Wildman–Crippen LogP) is 7.48. The number of esters is 2. The Labute approximate surface area is 196 Å². The van der Waals surface area contributed by atoms with Crippen molar-refractivity contribution in [3.8, 4) is 16.9 Å². The predicted molar refractivity (Wildman–Crippen MR) is 132 cm³/mol. The van der Waals surface area contributed by atoms with Gasteiger partial charge in [-0.2, -0.15) is 0 Å². The Balaban J connectivity index is 1.56. The van der Waals surface area contributed by atoms with Crippen molar-refractivity contribution >= 4 is 11.9 Å². The van der Waals surface area contributed by atoms with Crippen LogP contribution in [0.5, 0.6) is 5.75 Å². The van der Waals surface area contributed by atoms with Crippen LogP contribution < -0.4 is 4.74 Å². The van der Waals surface area contributed by atoms with Crippen LogP contribution in [0.2, 0.25) is 0 Å². The van der Waals surface area contributed by atoms with E-state index in [1.807, 2.05) is 48.5 Å². The maximum atomic E-state index is 12.8. The molecule has 0 aliphatic rings. The summed E-state index contributed by atoms with van der Waals surface area (Å²) >= 11 is 0. The van der Waals surface area contributed by atoms with Gasteiger partial charge in [-0.05, 0) is 36.2 Å². The molecule has 0 aromatic heterocycles. The lowest BCUT2D eigenvalue weighted by Gasteiger charge is -2.11. The summed E-state index contributed by atoms with van der Waals surface area (Å²) in [4.78, 5) is 25.2. The van der Waals surface area contributed by atoms with Gasteiger partial charge in [-0.1, -0.05) is 100 Å². The minimum absolute atomic E-state index is 0.309. The van der Waals surface area contributed by atoms with Crippen LogP contribution in [0, 0.1) is 0 Å². The number of para-hydroxylation sites is 1. The molecule has 3 aromatic carbocycles. The van der Waals surface area contributed by atoms with E-state index >= 15 is 0 Å². The van der Waals surface area contributed by atoms with Gasteiger partial charge < -0.3 is 9.47 Å². The minimum atomic E-state index is -0.514. The molecule has 0 aliphatic heterocycles. The second kappa shape index (κ2) is 13.2. The molecule has 33 heavy (non-hydrogen) atoms. The molecule has 0 N–H and O–H groups in total. The van der Waals surface area contributed by atoms with Crippen LogP contribution in [-0.2, 0) is 4.74 Å². The Bertz CT molecular complexity index is 1030. The zero-order valence-electron chi connectivity index (χ0n) is 19.3. The molecule has 0 spiro atoms. The number of unbranched alkanes of at least 4 members (excludes halogenated alkanes) is 6. The molecule has 0 unspecified atom stereocenters. The van der Waals surface area contributed by atoms with Crippen LogP contribution in [0.1, 0.15) is 72.6 Å². The molecule has 0 bridgehead atoms. The first-order chi connectivity index (χ1) is 16.2. The Morgan fingerprint density at radius 3 is 2.06 bits per heavy atom. The van der Waals surface area contributed by atoms with Gasteiger partial charge in [0.25, 0.3) is 0 Å². The van der Waals surface area contributed by atoms with Crippen LogP contribution in [0.4, 0.5) is 0 Å². The Morgan fingerprint density at radius 1 is 0.667 bits per heavy atom. The van der Waals surface area contributed by atoms with Crippen LogP contribution in [0.25, 0.3) is 11.1 Å². The molecule has 0 atom stereocenters. The fourth-order valence-electron chi connectivity index (χ4n) is 3.65. The maximum absolute atomic E-state index is 12.8. The molecule has 0 heterocycles. The van der Waals surface area contributed by atoms with E-state index < -0.39 is 11.9 Å². The third-order valence-electron chi connectivity index (χ3n) is 5.49. The highest BCUT2D eigenvalue weighted by Crippen LogP contribution is 2.30. The van der Waals surface area contributed by atoms with Crippen molar-refractivity contribution < 1.29 is 19.1 Å². The first-order valence-corrected chi connectivity index (χ1v) is 11.8. The summed E-state index contributed by atoms with van der Waals surface area (Å²) in [6, 6.07) is 23.7. The van der Waals surface area contributed by atoms with E-state index in [1.54, 1.807) is 24.3 Å². The quantitative estimate of drug-likeness (QED) is 0.165. The lowest BCUT2D eigenvalue weighted by Crippen LogP contribution is -2.12. The molecule has 0 aliphatic carbocycles. The highest BCUT2D eigenvalue weighted by molar-refractivity contribution is 5.96. The number of rotatable bonds is 12. The summed E-state index contributed by atoms with van der Waals surface area (Å²) in [6.45, 7) is 2.60. The Kier molecular flexibility index (Phi) is 9.71. The van der Waals surface area contributed by atoms with Crippen molar-refractivity contribution in [2.45, 2.75) is 51.9 Å². The van der Waals surface area contributed by atoms with Crippen molar-refractivity contribution in [2.24, 2.45) is 0 Å². The van der Waals surface area contributed by atoms with Gasteiger partial charge in [-0.25, -0.2) is 9.59 Å². The summed E-state index contributed by atoms with van der Waals surface area (Å²) in [5.41, 5.74) is 2.45. The van der Waals surface area contributed by atoms with E-state index in [-0.39, 0.29) is 0 Å². The molecular formula is C29H32O4. The van der Waals surface area contributed by atoms with Crippen LogP contribution in [0.15, 0.2) is 78.9 Å². The number of benzene rings is 3. The summed E-state index contributed by atoms with van der Waals surface area (Å²) in [6.07, 6.45) is 8.12. The second-order valence-corrected chi connectivity index (χ2v) is 8.09. The smallest absolute Gasteiger partial charge is 0.343 e. The summed E-state index contributed by atoms with van der Waals surface area (Å²) in [5.74, 6) is -0.457. The molecule has 3 rings (SSSR count). The Morgan fingerprint density at radius 2 is 1.30 bits per heavy atom. The first kappa shape index (κ1) is 24.2. The van der Waals surface area contributed by atoms with Crippen LogP contribution in [0.3, 0.4) is 0 Å². The topological polar surface area (TPSA) is 52.6 Å². The van der Waals surface area contributed by atoms with Crippen molar-refractivity contribution in [3.63, 3.8) is 0 Å². The number of carbonyl (C=O) groups is 2. The number of hydrogen-bond acceptors (Lipinski definition) is 4. The highest BCUT2D eigenvalue weighted by atomic mass is 16.5. The number of carbonyl (C=O) groups excluding carboxylic acids is 2. The van der Waals surface area contributed by atoms with Gasteiger partial charge in [0, 0.05) is 5.56 Å². The van der Waals surface area contributed by atoms with Crippen molar-refractivity contribution in [1.29, 1.82) is 0 Å². The molecule has 0 saturated carbocycles. The van der Waals surface area contributed by atoms with E-state index in [0.29, 0.717) is 23.5 Å². The third-order valence-corrected chi connectivity index (χ3v) is 5.49. The van der Waals surface area contributed by atoms with Crippen LogP contribution in [-0.4, -0.2) is 18.5 Å². The van der Waals surface area contributed by atoms with Gasteiger partial charge in [-0.3, -0.25) is 0 Å². The molecule has 0 amide bonds. The SMILES string of the molecule is CCCCCCCCCOC(=O)c1cccc(C(=O)Oc2ccccc2-c2ccccc2)c1. The zero-order chi connectivity index (χ0) is 23.3. The van der Waals surface area contributed by atoms with E-state index in [1.165, 1.54) is 38.2 Å². The Hall–Kier alpha value is -3.40. The molecule has 3 aromatic rings. The summed E-state index contributed by atoms with van der Waals surface area (Å²) < 4.78 is 11.1. The summed E-state index contributed by atoms with van der Waals surface area (Å²) in [5, 5.41) is 0. The fraction of sp³-hybridized carbons (Fsp3) is 0.310. The van der Waals surface area contributed by atoms with E-state index in [9.17, 15) is 9.59 Å². The molecule has 0 radical (unpaired) electrons. The minimum Gasteiger partial charge on any atom is -0.462 e. The largest absolute Gasteiger partial charge is 0.462 e. The maximum Gasteiger partial charge on any atom is 0.343 e. The third kappa shape index (κ3) is 7.60. The average molecular weight is 445 g/mol. The van der Waals surface area contributed by atoms with Crippen molar-refractivity contribution in [3.05, 3.63) is 90.0 Å². The van der Waals surface area contributed by atoms with E-state index in [0.717, 1.165) is 24.0 Å². The second-order valence-electron chi connectivity index (χ2n) is 8.09. The lowest BCUT2D eigenvalue weighted by atomic mass is 10.0. The molecule has 0 saturated heterocycles. The summed E-state index contributed by atoms with van der Waals surface area (Å²) in [7, 11) is 0. The van der Waals surface area contributed by atoms with E-state index in [4.69, 9.17) is 9.47 Å². The molecular weight excluding hydrogens is 412 g/mol.